The fourth-order valence-electron chi connectivity index (χ4n) is 3.26. The molecular formula is C22H23BrFN3O3S. The maximum absolute atomic E-state index is 14.0. The number of nitrogens with one attached hydrogen (secondary N) is 1. The monoisotopic (exact) mass is 507 g/mol. The van der Waals surface area contributed by atoms with Gasteiger partial charge in [0.1, 0.15) is 18.0 Å². The van der Waals surface area contributed by atoms with Crippen LogP contribution in [0.2, 0.25) is 0 Å². The largest absolute Gasteiger partial charge is 0.446 e. The molecule has 1 saturated heterocycles. The molecule has 164 valence electrons. The molecule has 0 unspecified atom stereocenters. The van der Waals surface area contributed by atoms with Crippen molar-refractivity contribution in [3.8, 4) is 17.2 Å². The molecule has 0 aliphatic carbocycles. The molecule has 0 bridgehead atoms. The molecule has 1 aromatic carbocycles. The Hall–Kier alpha value is -2.44. The highest BCUT2D eigenvalue weighted by Gasteiger charge is 2.28. The van der Waals surface area contributed by atoms with Crippen LogP contribution in [0.3, 0.4) is 0 Å². The third-order valence-corrected chi connectivity index (χ3v) is 6.60. The van der Waals surface area contributed by atoms with Crippen molar-refractivity contribution >= 4 is 39.3 Å². The highest BCUT2D eigenvalue weighted by molar-refractivity contribution is 9.11. The minimum absolute atomic E-state index is 0.0207. The second-order valence-electron chi connectivity index (χ2n) is 8.38. The van der Waals surface area contributed by atoms with Crippen molar-refractivity contribution in [2.24, 2.45) is 0 Å². The predicted molar refractivity (Wildman–Crippen MR) is 120 cm³/mol. The fourth-order valence-corrected chi connectivity index (χ4v) is 5.00. The Labute approximate surface area is 193 Å². The molecule has 1 aliphatic rings. The Morgan fingerprint density at radius 3 is 2.55 bits per heavy atom. The minimum atomic E-state index is -0.594. The molecule has 3 rings (SSSR count). The standard InChI is InChI=1S/C22H23BrFN3O3S/c1-22(2,3)26-21(29)30-15-6-8-27(9-7-15)20(28)18-11-16(19(23)31-18)13-4-5-14(12-25)17(24)10-13/h4-5,10-11,15H,6-9H2,1-3H3,(H,26,29). The molecule has 1 fully saturated rings. The Morgan fingerprint density at radius 1 is 1.29 bits per heavy atom. The van der Waals surface area contributed by atoms with Crippen LogP contribution in [0, 0.1) is 17.1 Å². The number of likely N-dealkylation sites (tertiary alicyclic amines) is 1. The molecule has 1 N–H and O–H groups in total. The normalized spacial score (nSPS) is 14.8. The van der Waals surface area contributed by atoms with E-state index < -0.39 is 11.9 Å². The summed E-state index contributed by atoms with van der Waals surface area (Å²) in [6.07, 6.45) is 0.477. The highest BCUT2D eigenvalue weighted by atomic mass is 79.9. The second-order valence-corrected chi connectivity index (χ2v) is 10.7. The van der Waals surface area contributed by atoms with E-state index in [-0.39, 0.29) is 23.1 Å². The van der Waals surface area contributed by atoms with Crippen LogP contribution < -0.4 is 5.32 Å². The van der Waals surface area contributed by atoms with Crippen LogP contribution >= 0.6 is 27.3 Å². The second kappa shape index (κ2) is 9.37. The third kappa shape index (κ3) is 5.83. The quantitative estimate of drug-likeness (QED) is 0.609. The summed E-state index contributed by atoms with van der Waals surface area (Å²) in [6.45, 7) is 6.63. The molecule has 6 nitrogen and oxygen atoms in total. The number of hydrogen-bond donors (Lipinski definition) is 1. The lowest BCUT2D eigenvalue weighted by Gasteiger charge is -2.32. The van der Waals surface area contributed by atoms with E-state index >= 15 is 0 Å². The van der Waals surface area contributed by atoms with Gasteiger partial charge in [-0.2, -0.15) is 5.26 Å². The number of carbonyl (C=O) groups is 2. The van der Waals surface area contributed by atoms with Gasteiger partial charge in [0, 0.05) is 37.0 Å². The van der Waals surface area contributed by atoms with Crippen molar-refractivity contribution in [1.82, 2.24) is 10.2 Å². The summed E-state index contributed by atoms with van der Waals surface area (Å²) in [7, 11) is 0. The van der Waals surface area contributed by atoms with Gasteiger partial charge in [0.15, 0.2) is 0 Å². The maximum Gasteiger partial charge on any atom is 0.407 e. The lowest BCUT2D eigenvalue weighted by molar-refractivity contribution is 0.0407. The van der Waals surface area contributed by atoms with Gasteiger partial charge in [-0.3, -0.25) is 4.79 Å². The predicted octanol–water partition coefficient (Wildman–Crippen LogP) is 5.32. The topological polar surface area (TPSA) is 82.4 Å². The van der Waals surface area contributed by atoms with Crippen molar-refractivity contribution in [2.75, 3.05) is 13.1 Å². The van der Waals surface area contributed by atoms with Crippen LogP contribution in [-0.2, 0) is 4.74 Å². The summed E-state index contributed by atoms with van der Waals surface area (Å²) in [5.41, 5.74) is 0.910. The number of thiophene rings is 1. The maximum atomic E-state index is 14.0. The van der Waals surface area contributed by atoms with E-state index in [0.717, 1.165) is 3.79 Å². The summed E-state index contributed by atoms with van der Waals surface area (Å²) in [5, 5.41) is 11.7. The summed E-state index contributed by atoms with van der Waals surface area (Å²) in [6, 6.07) is 7.92. The van der Waals surface area contributed by atoms with E-state index in [1.54, 1.807) is 23.1 Å². The van der Waals surface area contributed by atoms with Gasteiger partial charge < -0.3 is 15.0 Å². The van der Waals surface area contributed by atoms with Crippen LogP contribution in [-0.4, -0.2) is 41.6 Å². The summed E-state index contributed by atoms with van der Waals surface area (Å²) >= 11 is 4.75. The molecule has 2 heterocycles. The minimum Gasteiger partial charge on any atom is -0.446 e. The number of ether oxygens (including phenoxy) is 1. The van der Waals surface area contributed by atoms with Gasteiger partial charge in [0.05, 0.1) is 14.2 Å². The Kier molecular flexibility index (Phi) is 7.02. The van der Waals surface area contributed by atoms with Crippen molar-refractivity contribution in [3.05, 3.63) is 44.3 Å². The first-order valence-corrected chi connectivity index (χ1v) is 11.5. The number of piperidine rings is 1. The lowest BCUT2D eigenvalue weighted by Crippen LogP contribution is -2.45. The molecule has 0 saturated carbocycles. The molecule has 0 atom stereocenters. The highest BCUT2D eigenvalue weighted by Crippen LogP contribution is 2.37. The zero-order chi connectivity index (χ0) is 22.8. The van der Waals surface area contributed by atoms with Crippen LogP contribution in [0.1, 0.15) is 48.8 Å². The van der Waals surface area contributed by atoms with Crippen molar-refractivity contribution in [3.63, 3.8) is 0 Å². The molecule has 2 aromatic rings. The number of nitriles is 1. The van der Waals surface area contributed by atoms with Gasteiger partial charge in [-0.25, -0.2) is 9.18 Å². The summed E-state index contributed by atoms with van der Waals surface area (Å²) in [4.78, 5) is 27.2. The smallest absolute Gasteiger partial charge is 0.407 e. The SMILES string of the molecule is CC(C)(C)NC(=O)OC1CCN(C(=O)c2cc(-c3ccc(C#N)c(F)c3)c(Br)s2)CC1. The van der Waals surface area contributed by atoms with Crippen LogP contribution in [0.15, 0.2) is 28.1 Å². The molecule has 9 heteroatoms. The van der Waals surface area contributed by atoms with Gasteiger partial charge in [-0.05, 0) is 60.5 Å². The van der Waals surface area contributed by atoms with Crippen molar-refractivity contribution in [2.45, 2.75) is 45.3 Å². The zero-order valence-corrected chi connectivity index (χ0v) is 19.9. The van der Waals surface area contributed by atoms with Crippen molar-refractivity contribution in [1.29, 1.82) is 5.26 Å². The number of rotatable bonds is 3. The molecule has 1 aliphatic heterocycles. The van der Waals surface area contributed by atoms with Crippen LogP contribution in [0.25, 0.3) is 11.1 Å². The van der Waals surface area contributed by atoms with E-state index in [2.05, 4.69) is 21.2 Å². The Morgan fingerprint density at radius 2 is 1.97 bits per heavy atom. The van der Waals surface area contributed by atoms with Crippen LogP contribution in [0.4, 0.5) is 9.18 Å². The number of hydrogen-bond acceptors (Lipinski definition) is 5. The molecule has 31 heavy (non-hydrogen) atoms. The first-order valence-electron chi connectivity index (χ1n) is 9.85. The molecule has 0 radical (unpaired) electrons. The molecule has 0 spiro atoms. The van der Waals surface area contributed by atoms with Gasteiger partial charge in [0.25, 0.3) is 5.91 Å². The third-order valence-electron chi connectivity index (χ3n) is 4.78. The van der Waals surface area contributed by atoms with Gasteiger partial charge in [-0.15, -0.1) is 11.3 Å². The number of alkyl carbamates (subject to hydrolysis) is 1. The first kappa shape index (κ1) is 23.2. The summed E-state index contributed by atoms with van der Waals surface area (Å²) in [5.74, 6) is -0.702. The number of benzene rings is 1. The lowest BCUT2D eigenvalue weighted by atomic mass is 10.1. The van der Waals surface area contributed by atoms with E-state index in [1.165, 1.54) is 23.5 Å². The van der Waals surface area contributed by atoms with Gasteiger partial charge in [-0.1, -0.05) is 6.07 Å². The molecular weight excluding hydrogens is 485 g/mol. The van der Waals surface area contributed by atoms with Crippen LogP contribution in [0.5, 0.6) is 0 Å². The van der Waals surface area contributed by atoms with Gasteiger partial charge >= 0.3 is 6.09 Å². The van der Waals surface area contributed by atoms with Crippen molar-refractivity contribution < 1.29 is 18.7 Å². The van der Waals surface area contributed by atoms with E-state index in [9.17, 15) is 14.0 Å². The number of amides is 2. The van der Waals surface area contributed by atoms with Gasteiger partial charge in [0.2, 0.25) is 0 Å². The zero-order valence-electron chi connectivity index (χ0n) is 17.5. The first-order chi connectivity index (χ1) is 14.6. The Bertz CT molecular complexity index is 1030. The average Bonchev–Trinajstić information content (AvgIpc) is 3.08. The molecule has 2 amide bonds. The summed E-state index contributed by atoms with van der Waals surface area (Å²) < 4.78 is 20.2. The average molecular weight is 508 g/mol. The van der Waals surface area contributed by atoms with E-state index in [4.69, 9.17) is 10.00 Å². The molecule has 1 aromatic heterocycles. The number of nitrogens with zero attached hydrogens (tertiary/aromatic N) is 2. The fraction of sp³-hybridized carbons (Fsp3) is 0.409. The number of carbonyl (C=O) groups excluding carboxylic acids is 2. The van der Waals surface area contributed by atoms with E-state index in [0.29, 0.717) is 41.9 Å². The number of halogens is 2. The van der Waals surface area contributed by atoms with E-state index in [1.807, 2.05) is 20.8 Å². The Balaban J connectivity index is 1.63.